The van der Waals surface area contributed by atoms with Crippen molar-refractivity contribution < 1.29 is 12.8 Å². The Morgan fingerprint density at radius 2 is 1.71 bits per heavy atom. The molecule has 2 aromatic carbocycles. The summed E-state index contributed by atoms with van der Waals surface area (Å²) in [5.74, 6) is 0.657. The van der Waals surface area contributed by atoms with E-state index < -0.39 is 15.3 Å². The third-order valence-corrected chi connectivity index (χ3v) is 10.6. The maximum Gasteiger partial charge on any atom is 0.221 e. The zero-order valence-electron chi connectivity index (χ0n) is 19.7. The molecule has 3 aromatic rings. The Labute approximate surface area is 205 Å². The Morgan fingerprint density at radius 3 is 2.40 bits per heavy atom. The molecule has 0 spiro atoms. The average Bonchev–Trinajstić information content (AvgIpc) is 3.36. The highest BCUT2D eigenvalue weighted by Gasteiger charge is 2.48. The predicted molar refractivity (Wildman–Crippen MR) is 132 cm³/mol. The van der Waals surface area contributed by atoms with Gasteiger partial charge in [-0.05, 0) is 55.7 Å². The zero-order valence-corrected chi connectivity index (χ0v) is 20.6. The van der Waals surface area contributed by atoms with Crippen LogP contribution in [0.5, 0.6) is 0 Å². The number of halogens is 1. The van der Waals surface area contributed by atoms with Crippen LogP contribution in [0, 0.1) is 17.7 Å². The number of nitrogens with zero attached hydrogens (tertiary/aromatic N) is 5. The number of fused-ring (bicyclic) bond motifs is 2. The lowest BCUT2D eigenvalue weighted by Gasteiger charge is -2.54. The van der Waals surface area contributed by atoms with Crippen molar-refractivity contribution in [2.24, 2.45) is 11.8 Å². The first-order valence-corrected chi connectivity index (χ1v) is 13.8. The number of sulfonamides is 1. The maximum absolute atomic E-state index is 15.3. The van der Waals surface area contributed by atoms with Crippen LogP contribution in [0.2, 0.25) is 0 Å². The van der Waals surface area contributed by atoms with E-state index in [-0.39, 0.29) is 18.4 Å². The summed E-state index contributed by atoms with van der Waals surface area (Å²) >= 11 is 0. The second-order valence-corrected chi connectivity index (χ2v) is 12.3. The first-order valence-electron chi connectivity index (χ1n) is 12.3. The van der Waals surface area contributed by atoms with Gasteiger partial charge in [0.2, 0.25) is 10.0 Å². The summed E-state index contributed by atoms with van der Waals surface area (Å²) in [6, 6.07) is 14.9. The Bertz CT molecular complexity index is 1290. The molecule has 3 saturated heterocycles. The number of benzene rings is 2. The van der Waals surface area contributed by atoms with Crippen LogP contribution >= 0.6 is 0 Å². The highest BCUT2D eigenvalue weighted by molar-refractivity contribution is 7.89. The summed E-state index contributed by atoms with van der Waals surface area (Å²) in [7, 11) is -3.60. The molecule has 1 aromatic heterocycles. The van der Waals surface area contributed by atoms with Crippen molar-refractivity contribution in [3.63, 3.8) is 0 Å². The van der Waals surface area contributed by atoms with Gasteiger partial charge in [0.05, 0.1) is 0 Å². The van der Waals surface area contributed by atoms with E-state index in [1.54, 1.807) is 24.8 Å². The third-order valence-electron chi connectivity index (χ3n) is 8.19. The molecule has 7 rings (SSSR count). The number of aromatic nitrogens is 3. The normalized spacial score (nSPS) is 30.1. The van der Waals surface area contributed by atoms with Gasteiger partial charge in [-0.2, -0.15) is 4.31 Å². The molecule has 4 aliphatic rings. The average molecular weight is 496 g/mol. The van der Waals surface area contributed by atoms with Gasteiger partial charge in [0.15, 0.2) is 0 Å². The first kappa shape index (κ1) is 22.7. The van der Waals surface area contributed by atoms with E-state index in [0.29, 0.717) is 29.9 Å². The standard InChI is InChI=1S/C26H30FN5O2S/c1-18-7-10-25(19-5-3-2-4-6-19)35(33,34)32(18)15-20-8-9-23(12-24(20)27)30-13-21-11-22(14-30)26(21)31-16-28-29-17-31/h2-6,8-9,12,16-18,21-22,25-26H,7,10-11,13-15H2,1H3/t18-,21-,22?,25?,26?/m0/s1. The molecule has 2 bridgehead atoms. The minimum absolute atomic E-state index is 0.0555. The van der Waals surface area contributed by atoms with Crippen molar-refractivity contribution in [3.05, 3.63) is 78.1 Å². The molecule has 0 radical (unpaired) electrons. The molecule has 4 heterocycles. The van der Waals surface area contributed by atoms with Crippen molar-refractivity contribution in [1.29, 1.82) is 0 Å². The highest BCUT2D eigenvalue weighted by Crippen LogP contribution is 2.49. The molecule has 4 fully saturated rings. The van der Waals surface area contributed by atoms with Gasteiger partial charge in [0.25, 0.3) is 0 Å². The van der Waals surface area contributed by atoms with Crippen LogP contribution in [-0.2, 0) is 16.6 Å². The molecule has 35 heavy (non-hydrogen) atoms. The second kappa shape index (κ2) is 8.71. The van der Waals surface area contributed by atoms with Gasteiger partial charge in [-0.25, -0.2) is 12.8 Å². The Hall–Kier alpha value is -2.78. The summed E-state index contributed by atoms with van der Waals surface area (Å²) in [4.78, 5) is 2.25. The van der Waals surface area contributed by atoms with E-state index in [1.165, 1.54) is 10.7 Å². The van der Waals surface area contributed by atoms with Crippen molar-refractivity contribution >= 4 is 15.7 Å². The highest BCUT2D eigenvalue weighted by atomic mass is 32.2. The summed E-state index contributed by atoms with van der Waals surface area (Å²) in [5.41, 5.74) is 2.08. The fourth-order valence-electron chi connectivity index (χ4n) is 6.30. The van der Waals surface area contributed by atoms with Gasteiger partial charge in [-0.15, -0.1) is 10.2 Å². The first-order chi connectivity index (χ1) is 16.9. The lowest BCUT2D eigenvalue weighted by Crippen LogP contribution is -2.55. The van der Waals surface area contributed by atoms with Crippen LogP contribution < -0.4 is 4.90 Å². The fourth-order valence-corrected chi connectivity index (χ4v) is 8.49. The number of piperidine rings is 2. The smallest absolute Gasteiger partial charge is 0.221 e. The maximum atomic E-state index is 15.3. The molecule has 5 atom stereocenters. The van der Waals surface area contributed by atoms with Crippen molar-refractivity contribution in [1.82, 2.24) is 19.1 Å². The van der Waals surface area contributed by atoms with Gasteiger partial charge in [-0.1, -0.05) is 36.4 Å². The second-order valence-electron chi connectivity index (χ2n) is 10.3. The minimum atomic E-state index is -3.60. The molecule has 0 N–H and O–H groups in total. The van der Waals surface area contributed by atoms with Crippen molar-refractivity contribution in [2.75, 3.05) is 18.0 Å². The van der Waals surface area contributed by atoms with E-state index >= 15 is 4.39 Å². The molecule has 1 aliphatic carbocycles. The van der Waals surface area contributed by atoms with Gasteiger partial charge in [0, 0.05) is 43.0 Å². The van der Waals surface area contributed by atoms with Gasteiger partial charge in [0.1, 0.15) is 23.7 Å². The predicted octanol–water partition coefficient (Wildman–Crippen LogP) is 4.17. The zero-order chi connectivity index (χ0) is 24.2. The Kier molecular flexibility index (Phi) is 5.64. The van der Waals surface area contributed by atoms with Gasteiger partial charge < -0.3 is 9.47 Å². The van der Waals surface area contributed by atoms with E-state index in [2.05, 4.69) is 19.7 Å². The van der Waals surface area contributed by atoms with Crippen LogP contribution in [0.15, 0.2) is 61.2 Å². The molecule has 0 amide bonds. The topological polar surface area (TPSA) is 71.3 Å². The summed E-state index contributed by atoms with van der Waals surface area (Å²) in [5, 5.41) is 7.30. The van der Waals surface area contributed by atoms with E-state index in [1.807, 2.05) is 43.3 Å². The number of hydrogen-bond donors (Lipinski definition) is 0. The molecule has 184 valence electrons. The van der Waals surface area contributed by atoms with Crippen molar-refractivity contribution in [3.8, 4) is 0 Å². The fraction of sp³-hybridized carbons (Fsp3) is 0.462. The molecule has 3 unspecified atom stereocenters. The summed E-state index contributed by atoms with van der Waals surface area (Å²) in [6.45, 7) is 3.71. The quantitative estimate of drug-likeness (QED) is 0.531. The molecule has 7 nitrogen and oxygen atoms in total. The SMILES string of the molecule is C[C@H]1CCC(c2ccccc2)S(=O)(=O)N1Cc1ccc(N2CC3C[C@@H](C2)C3n2cnnc2)cc1F. The number of hydrogen-bond acceptors (Lipinski definition) is 5. The summed E-state index contributed by atoms with van der Waals surface area (Å²) in [6.07, 6.45) is 6.08. The van der Waals surface area contributed by atoms with Gasteiger partial charge in [-0.3, -0.25) is 0 Å². The lowest BCUT2D eigenvalue weighted by atomic mass is 9.66. The van der Waals surface area contributed by atoms with Crippen LogP contribution in [0.1, 0.15) is 48.6 Å². The minimum Gasteiger partial charge on any atom is -0.371 e. The molecule has 3 aliphatic heterocycles. The molecular formula is C26H30FN5O2S. The molecular weight excluding hydrogens is 465 g/mol. The van der Waals surface area contributed by atoms with Crippen LogP contribution in [0.4, 0.5) is 10.1 Å². The van der Waals surface area contributed by atoms with Crippen LogP contribution in [0.25, 0.3) is 0 Å². The Balaban J connectivity index is 1.18. The lowest BCUT2D eigenvalue weighted by molar-refractivity contribution is 0.0579. The summed E-state index contributed by atoms with van der Waals surface area (Å²) < 4.78 is 45.9. The van der Waals surface area contributed by atoms with Crippen molar-refractivity contribution in [2.45, 2.75) is 50.1 Å². The molecule has 9 heteroatoms. The largest absolute Gasteiger partial charge is 0.371 e. The Morgan fingerprint density at radius 1 is 1.00 bits per heavy atom. The van der Waals surface area contributed by atoms with Gasteiger partial charge >= 0.3 is 0 Å². The number of rotatable bonds is 5. The van der Waals surface area contributed by atoms with E-state index in [4.69, 9.17) is 0 Å². The monoisotopic (exact) mass is 495 g/mol. The van der Waals surface area contributed by atoms with Crippen LogP contribution in [-0.4, -0.2) is 46.6 Å². The van der Waals surface area contributed by atoms with E-state index in [0.717, 1.165) is 30.8 Å². The molecule has 1 saturated carbocycles. The third kappa shape index (κ3) is 3.94. The van der Waals surface area contributed by atoms with E-state index in [9.17, 15) is 8.42 Å². The number of anilines is 1. The van der Waals surface area contributed by atoms with Crippen LogP contribution in [0.3, 0.4) is 0 Å².